The third-order valence-electron chi connectivity index (χ3n) is 3.95. The Hall–Kier alpha value is -0.610. The summed E-state index contributed by atoms with van der Waals surface area (Å²) in [6.07, 6.45) is 3.95. The van der Waals surface area contributed by atoms with Gasteiger partial charge in [-0.3, -0.25) is 14.6 Å². The topological polar surface area (TPSA) is 32.8 Å². The fraction of sp³-hybridized carbons (Fsp3) is 0.923. The molecule has 2 unspecified atom stereocenters. The molecule has 98 valence electrons. The summed E-state index contributed by atoms with van der Waals surface area (Å²) in [5.41, 5.74) is 0. The second-order valence-corrected chi connectivity index (χ2v) is 5.23. The zero-order chi connectivity index (χ0) is 12.3. The van der Waals surface area contributed by atoms with Gasteiger partial charge < -0.3 is 4.74 Å². The van der Waals surface area contributed by atoms with Gasteiger partial charge in [0.1, 0.15) is 0 Å². The first-order chi connectivity index (χ1) is 8.20. The fourth-order valence-corrected chi connectivity index (χ4v) is 3.01. The van der Waals surface area contributed by atoms with Crippen molar-refractivity contribution in [2.24, 2.45) is 0 Å². The highest BCUT2D eigenvalue weighted by Gasteiger charge is 2.33. The van der Waals surface area contributed by atoms with Gasteiger partial charge in [0.15, 0.2) is 0 Å². The van der Waals surface area contributed by atoms with Crippen molar-refractivity contribution >= 4 is 5.97 Å². The Morgan fingerprint density at radius 2 is 2.18 bits per heavy atom. The number of esters is 1. The van der Waals surface area contributed by atoms with Crippen LogP contribution in [0.15, 0.2) is 0 Å². The number of hydrogen-bond acceptors (Lipinski definition) is 4. The van der Waals surface area contributed by atoms with E-state index >= 15 is 0 Å². The van der Waals surface area contributed by atoms with E-state index in [1.165, 1.54) is 25.8 Å². The van der Waals surface area contributed by atoms with Gasteiger partial charge in [-0.05, 0) is 33.2 Å². The largest absolute Gasteiger partial charge is 0.465 e. The minimum atomic E-state index is -0.0800. The molecular formula is C13H24N2O2. The highest BCUT2D eigenvalue weighted by molar-refractivity contribution is 5.71. The number of carbonyl (C=O) groups excluding carboxylic acids is 1. The first-order valence-corrected chi connectivity index (χ1v) is 6.84. The quantitative estimate of drug-likeness (QED) is 0.692. The molecule has 0 amide bonds. The van der Waals surface area contributed by atoms with Crippen LogP contribution in [-0.2, 0) is 9.53 Å². The Kier molecular flexibility index (Phi) is 4.40. The number of nitrogens with zero attached hydrogens (tertiary/aromatic N) is 2. The summed E-state index contributed by atoms with van der Waals surface area (Å²) in [5, 5.41) is 0. The molecule has 0 aliphatic carbocycles. The third-order valence-corrected chi connectivity index (χ3v) is 3.95. The second kappa shape index (κ2) is 5.83. The molecule has 0 aromatic rings. The van der Waals surface area contributed by atoms with Crippen LogP contribution in [0.1, 0.15) is 33.1 Å². The molecule has 2 rings (SSSR count). The lowest BCUT2D eigenvalue weighted by Gasteiger charge is -2.47. The minimum Gasteiger partial charge on any atom is -0.465 e. The molecule has 17 heavy (non-hydrogen) atoms. The highest BCUT2D eigenvalue weighted by atomic mass is 16.5. The van der Waals surface area contributed by atoms with Crippen LogP contribution >= 0.6 is 0 Å². The number of carbonyl (C=O) groups is 1. The maximum atomic E-state index is 11.5. The first-order valence-electron chi connectivity index (χ1n) is 6.84. The van der Waals surface area contributed by atoms with E-state index in [0.717, 1.165) is 13.1 Å². The van der Waals surface area contributed by atoms with E-state index in [2.05, 4.69) is 16.7 Å². The number of ether oxygens (including phenoxy) is 1. The molecule has 0 saturated carbocycles. The first kappa shape index (κ1) is 12.8. The van der Waals surface area contributed by atoms with E-state index in [1.54, 1.807) is 0 Å². The molecule has 0 aromatic carbocycles. The van der Waals surface area contributed by atoms with Gasteiger partial charge in [-0.2, -0.15) is 0 Å². The van der Waals surface area contributed by atoms with E-state index in [-0.39, 0.29) is 5.97 Å². The zero-order valence-electron chi connectivity index (χ0n) is 11.0. The van der Waals surface area contributed by atoms with Gasteiger partial charge in [0, 0.05) is 25.2 Å². The van der Waals surface area contributed by atoms with Crippen LogP contribution < -0.4 is 0 Å². The number of rotatable bonds is 3. The maximum Gasteiger partial charge on any atom is 0.320 e. The van der Waals surface area contributed by atoms with Gasteiger partial charge in [-0.25, -0.2) is 0 Å². The lowest BCUT2D eigenvalue weighted by atomic mass is 9.97. The molecule has 2 fully saturated rings. The molecule has 0 N–H and O–H groups in total. The lowest BCUT2D eigenvalue weighted by molar-refractivity contribution is -0.146. The van der Waals surface area contributed by atoms with Gasteiger partial charge >= 0.3 is 5.97 Å². The maximum absolute atomic E-state index is 11.5. The summed E-state index contributed by atoms with van der Waals surface area (Å²) in [5.74, 6) is -0.0800. The van der Waals surface area contributed by atoms with Crippen molar-refractivity contribution in [3.63, 3.8) is 0 Å². The monoisotopic (exact) mass is 240 g/mol. The summed E-state index contributed by atoms with van der Waals surface area (Å²) in [6, 6.07) is 1.13. The van der Waals surface area contributed by atoms with Crippen molar-refractivity contribution < 1.29 is 9.53 Å². The smallest absolute Gasteiger partial charge is 0.320 e. The number of piperidine rings is 1. The van der Waals surface area contributed by atoms with E-state index in [1.807, 2.05) is 6.92 Å². The SMILES string of the molecule is CCOC(=O)CN1CC2CCCCN2CC1C. The molecule has 0 bridgehead atoms. The van der Waals surface area contributed by atoms with Crippen molar-refractivity contribution in [1.82, 2.24) is 9.80 Å². The predicted octanol–water partition coefficient (Wildman–Crippen LogP) is 1.11. The van der Waals surface area contributed by atoms with Gasteiger partial charge in [0.05, 0.1) is 13.2 Å². The van der Waals surface area contributed by atoms with Gasteiger partial charge in [-0.1, -0.05) is 6.42 Å². The molecule has 2 aliphatic heterocycles. The van der Waals surface area contributed by atoms with Crippen molar-refractivity contribution in [1.29, 1.82) is 0 Å². The molecule has 4 heteroatoms. The molecular weight excluding hydrogens is 216 g/mol. The highest BCUT2D eigenvalue weighted by Crippen LogP contribution is 2.23. The number of hydrogen-bond donors (Lipinski definition) is 0. The van der Waals surface area contributed by atoms with E-state index in [0.29, 0.717) is 25.2 Å². The van der Waals surface area contributed by atoms with Crippen molar-refractivity contribution in [3.8, 4) is 0 Å². The van der Waals surface area contributed by atoms with E-state index in [4.69, 9.17) is 4.74 Å². The van der Waals surface area contributed by atoms with Crippen LogP contribution in [0.2, 0.25) is 0 Å². The molecule has 0 aromatic heterocycles. The normalized spacial score (nSPS) is 30.9. The Labute approximate surface area is 104 Å². The van der Waals surface area contributed by atoms with Crippen LogP contribution in [0.4, 0.5) is 0 Å². The van der Waals surface area contributed by atoms with E-state index < -0.39 is 0 Å². The fourth-order valence-electron chi connectivity index (χ4n) is 3.01. The van der Waals surface area contributed by atoms with Crippen LogP contribution in [0.5, 0.6) is 0 Å². The Balaban J connectivity index is 1.88. The van der Waals surface area contributed by atoms with Gasteiger partial charge in [0.25, 0.3) is 0 Å². The zero-order valence-corrected chi connectivity index (χ0v) is 11.0. The van der Waals surface area contributed by atoms with Gasteiger partial charge in [0.2, 0.25) is 0 Å². The average Bonchev–Trinajstić information content (AvgIpc) is 2.30. The van der Waals surface area contributed by atoms with E-state index in [9.17, 15) is 4.79 Å². The molecule has 0 radical (unpaired) electrons. The summed E-state index contributed by atoms with van der Waals surface area (Å²) < 4.78 is 5.03. The van der Waals surface area contributed by atoms with Crippen LogP contribution in [0.3, 0.4) is 0 Å². The number of piperazine rings is 1. The predicted molar refractivity (Wildman–Crippen MR) is 66.9 cm³/mol. The van der Waals surface area contributed by atoms with Crippen LogP contribution in [-0.4, -0.2) is 60.6 Å². The molecule has 2 aliphatic rings. The summed E-state index contributed by atoms with van der Waals surface area (Å²) in [4.78, 5) is 16.4. The molecule has 0 spiro atoms. The minimum absolute atomic E-state index is 0.0800. The van der Waals surface area contributed by atoms with Crippen molar-refractivity contribution in [3.05, 3.63) is 0 Å². The molecule has 2 heterocycles. The molecule has 2 atom stereocenters. The molecule has 2 saturated heterocycles. The molecule has 4 nitrogen and oxygen atoms in total. The standard InChI is InChI=1S/C13H24N2O2/c1-3-17-13(16)10-15-9-12-6-4-5-7-14(12)8-11(15)2/h11-12H,3-10H2,1-2H3. The van der Waals surface area contributed by atoms with Gasteiger partial charge in [-0.15, -0.1) is 0 Å². The summed E-state index contributed by atoms with van der Waals surface area (Å²) >= 11 is 0. The third kappa shape index (κ3) is 3.19. The Bertz CT molecular complexity index is 270. The van der Waals surface area contributed by atoms with Crippen molar-refractivity contribution in [2.45, 2.75) is 45.2 Å². The summed E-state index contributed by atoms with van der Waals surface area (Å²) in [6.45, 7) is 8.38. The summed E-state index contributed by atoms with van der Waals surface area (Å²) in [7, 11) is 0. The second-order valence-electron chi connectivity index (χ2n) is 5.23. The number of fused-ring (bicyclic) bond motifs is 1. The Morgan fingerprint density at radius 3 is 2.94 bits per heavy atom. The van der Waals surface area contributed by atoms with Crippen LogP contribution in [0, 0.1) is 0 Å². The van der Waals surface area contributed by atoms with Crippen LogP contribution in [0.25, 0.3) is 0 Å². The lowest BCUT2D eigenvalue weighted by Crippen LogP contribution is -2.59. The Morgan fingerprint density at radius 1 is 1.35 bits per heavy atom. The van der Waals surface area contributed by atoms with Crippen molar-refractivity contribution in [2.75, 3.05) is 32.8 Å². The average molecular weight is 240 g/mol.